The first-order chi connectivity index (χ1) is 29.6. The molecule has 2 unspecified atom stereocenters. The fourth-order valence-corrected chi connectivity index (χ4v) is 8.29. The zero-order valence-electron chi connectivity index (χ0n) is 37.7. The maximum atomic E-state index is 14.0. The highest BCUT2D eigenvalue weighted by atomic mass is 19.1. The van der Waals surface area contributed by atoms with Gasteiger partial charge in [-0.2, -0.15) is 0 Å². The van der Waals surface area contributed by atoms with Crippen LogP contribution in [0.25, 0.3) is 0 Å². The third-order valence-corrected chi connectivity index (χ3v) is 11.8. The minimum absolute atomic E-state index is 0.214. The lowest BCUT2D eigenvalue weighted by atomic mass is 9.85. The van der Waals surface area contributed by atoms with Crippen LogP contribution in [0.5, 0.6) is 0 Å². The lowest BCUT2D eigenvalue weighted by Gasteiger charge is -2.36. The third-order valence-electron chi connectivity index (χ3n) is 11.8. The summed E-state index contributed by atoms with van der Waals surface area (Å²) in [7, 11) is 1.23. The zero-order valence-corrected chi connectivity index (χ0v) is 37.7. The van der Waals surface area contributed by atoms with Crippen LogP contribution in [0, 0.1) is 16.6 Å². The Balaban J connectivity index is 1.25. The lowest BCUT2D eigenvalue weighted by Crippen LogP contribution is -2.58. The van der Waals surface area contributed by atoms with Gasteiger partial charge < -0.3 is 45.8 Å². The van der Waals surface area contributed by atoms with Gasteiger partial charge in [0.15, 0.2) is 0 Å². The van der Waals surface area contributed by atoms with Gasteiger partial charge in [0.05, 0.1) is 7.11 Å². The van der Waals surface area contributed by atoms with Gasteiger partial charge >= 0.3 is 12.2 Å². The maximum absolute atomic E-state index is 14.0. The fourth-order valence-electron chi connectivity index (χ4n) is 8.29. The molecule has 5 rings (SSSR count). The predicted octanol–water partition coefficient (Wildman–Crippen LogP) is 7.12. The summed E-state index contributed by atoms with van der Waals surface area (Å²) < 4.78 is 18.8. The number of nitrogens with zero attached hydrogens (tertiary/aromatic N) is 3. The van der Waals surface area contributed by atoms with Crippen LogP contribution in [0.3, 0.4) is 0 Å². The molecule has 3 aromatic rings. The number of carbonyl (C=O) groups excluding carboxylic acids is 5. The van der Waals surface area contributed by atoms with Gasteiger partial charge in [-0.15, -0.1) is 0 Å². The number of methoxy groups -OCH3 is 1. The minimum atomic E-state index is -1.31. The number of likely N-dealkylation sites (tertiary alicyclic amines) is 2. The molecule has 0 bridgehead atoms. The second kappa shape index (κ2) is 19.9. The number of hydrogen-bond donors (Lipinski definition) is 5. The third kappa shape index (κ3) is 12.0. The number of carboxylic acid groups (broad SMARTS) is 1. The summed E-state index contributed by atoms with van der Waals surface area (Å²) in [6, 6.07) is 17.0. The van der Waals surface area contributed by atoms with Gasteiger partial charge in [0.1, 0.15) is 30.0 Å². The molecule has 0 saturated carbocycles. The largest absolute Gasteiger partial charge is 0.465 e. The van der Waals surface area contributed by atoms with Crippen molar-refractivity contribution >= 4 is 52.9 Å². The quantitative estimate of drug-likeness (QED) is 0.119. The van der Waals surface area contributed by atoms with Crippen LogP contribution < -0.4 is 26.2 Å². The van der Waals surface area contributed by atoms with Crippen LogP contribution in [0.4, 0.5) is 31.0 Å². The number of hydrogen-bond acceptors (Lipinski definition) is 8. The van der Waals surface area contributed by atoms with Crippen molar-refractivity contribution in [2.45, 2.75) is 130 Å². The smallest absolute Gasteiger partial charge is 0.407 e. The Bertz CT molecular complexity index is 2120. The predicted molar refractivity (Wildman–Crippen MR) is 238 cm³/mol. The van der Waals surface area contributed by atoms with Crippen molar-refractivity contribution in [2.24, 2.45) is 10.8 Å². The number of amides is 6. The van der Waals surface area contributed by atoms with Crippen LogP contribution in [0.1, 0.15) is 92.2 Å². The summed E-state index contributed by atoms with van der Waals surface area (Å²) in [6.45, 7) is 15.4. The highest BCUT2D eigenvalue weighted by molar-refractivity contribution is 6.00. The molecular formula is C47H62FN7O8. The summed E-state index contributed by atoms with van der Waals surface area (Å²) in [6.07, 6.45) is 0.100. The number of rotatable bonds is 13. The van der Waals surface area contributed by atoms with Crippen LogP contribution in [0.15, 0.2) is 72.8 Å². The minimum Gasteiger partial charge on any atom is -0.465 e. The van der Waals surface area contributed by atoms with Crippen LogP contribution in [-0.4, -0.2) is 94.1 Å². The molecule has 0 radical (unpaired) electrons. The number of anilines is 3. The molecule has 2 aliphatic rings. The standard InChI is InChI=1S/C47H62FN7O8/c1-28-10-24-36(54(28)42(58)38(46(3,4)5)51-44(60)61)40(56)49-33-18-12-30(13-19-33)26-53(35-22-16-32(48)17-23-35)27-31-14-20-34(21-15-31)50-41(57)37-25-11-29(2)55(37)43(59)39(47(6,7)8)52-45(62)63-9/h12-23,28-29,36-39,51H,10-11,24-27H2,1-9H3,(H,49,56)(H,50,57)(H,52,62)(H,60,61)/t28?,29?,36-,37-,38-,39+/m0/s1. The molecule has 3 aromatic carbocycles. The molecule has 63 heavy (non-hydrogen) atoms. The molecule has 0 spiro atoms. The Hall–Kier alpha value is -6.19. The number of ether oxygens (including phenoxy) is 1. The van der Waals surface area contributed by atoms with Gasteiger partial charge in [-0.05, 0) is 110 Å². The van der Waals surface area contributed by atoms with Gasteiger partial charge in [-0.3, -0.25) is 19.2 Å². The van der Waals surface area contributed by atoms with Crippen LogP contribution in [-0.2, 0) is 37.0 Å². The Kier molecular flexibility index (Phi) is 15.1. The highest BCUT2D eigenvalue weighted by Gasteiger charge is 2.46. The number of halogens is 1. The SMILES string of the molecule is COC(=O)N[C@H](C(=O)N1C(C)CC[C@H]1C(=O)Nc1ccc(CN(Cc2ccc(NC(=O)[C@@H]3CCC(C)N3C(=O)[C@H](NC(=O)O)C(C)(C)C)cc2)c2ccc(F)cc2)cc1)C(C)(C)C. The van der Waals surface area contributed by atoms with E-state index in [4.69, 9.17) is 4.74 Å². The number of alkyl carbamates (subject to hydrolysis) is 1. The molecule has 0 aliphatic carbocycles. The second-order valence-electron chi connectivity index (χ2n) is 18.8. The van der Waals surface area contributed by atoms with Gasteiger partial charge in [0, 0.05) is 42.2 Å². The molecule has 6 amide bonds. The van der Waals surface area contributed by atoms with Crippen molar-refractivity contribution < 1.29 is 43.0 Å². The van der Waals surface area contributed by atoms with E-state index in [1.807, 2.05) is 58.9 Å². The number of carbonyl (C=O) groups is 6. The van der Waals surface area contributed by atoms with Crippen molar-refractivity contribution in [3.63, 3.8) is 0 Å². The highest BCUT2D eigenvalue weighted by Crippen LogP contribution is 2.32. The lowest BCUT2D eigenvalue weighted by molar-refractivity contribution is -0.142. The van der Waals surface area contributed by atoms with E-state index in [2.05, 4.69) is 26.2 Å². The van der Waals surface area contributed by atoms with E-state index in [0.29, 0.717) is 50.1 Å². The van der Waals surface area contributed by atoms with Crippen molar-refractivity contribution in [1.29, 1.82) is 0 Å². The first-order valence-corrected chi connectivity index (χ1v) is 21.4. The molecule has 2 saturated heterocycles. The molecule has 5 N–H and O–H groups in total. The van der Waals surface area contributed by atoms with Crippen LogP contribution in [0.2, 0.25) is 0 Å². The maximum Gasteiger partial charge on any atom is 0.407 e. The van der Waals surface area contributed by atoms with E-state index in [-0.39, 0.29) is 35.6 Å². The number of nitrogens with one attached hydrogen (secondary N) is 4. The van der Waals surface area contributed by atoms with E-state index >= 15 is 0 Å². The fraction of sp³-hybridized carbons (Fsp3) is 0.489. The summed E-state index contributed by atoms with van der Waals surface area (Å²) >= 11 is 0. The normalized spacial score (nSPS) is 19.7. The van der Waals surface area contributed by atoms with E-state index in [9.17, 15) is 38.3 Å². The molecule has 2 aliphatic heterocycles. The van der Waals surface area contributed by atoms with Crippen molar-refractivity contribution in [2.75, 3.05) is 22.6 Å². The molecule has 0 aromatic heterocycles. The second-order valence-corrected chi connectivity index (χ2v) is 18.8. The molecule has 2 fully saturated rings. The number of benzene rings is 3. The average molecular weight is 872 g/mol. The van der Waals surface area contributed by atoms with Crippen molar-refractivity contribution in [3.05, 3.63) is 89.7 Å². The van der Waals surface area contributed by atoms with Gasteiger partial charge in [0.25, 0.3) is 0 Å². The molecule has 6 atom stereocenters. The van der Waals surface area contributed by atoms with Crippen LogP contribution >= 0.6 is 0 Å². The molecule has 2 heterocycles. The Labute approximate surface area is 369 Å². The summed E-state index contributed by atoms with van der Waals surface area (Å²) in [5, 5.41) is 20.3. The summed E-state index contributed by atoms with van der Waals surface area (Å²) in [5.41, 5.74) is 2.30. The van der Waals surface area contributed by atoms with Crippen molar-refractivity contribution in [1.82, 2.24) is 20.4 Å². The first kappa shape index (κ1) is 47.9. The van der Waals surface area contributed by atoms with E-state index in [0.717, 1.165) is 16.8 Å². The van der Waals surface area contributed by atoms with E-state index in [1.165, 1.54) is 24.1 Å². The monoisotopic (exact) mass is 871 g/mol. The Morgan fingerprint density at radius 1 is 0.667 bits per heavy atom. The Morgan fingerprint density at radius 2 is 1.06 bits per heavy atom. The molecule has 340 valence electrons. The topological polar surface area (TPSA) is 190 Å². The van der Waals surface area contributed by atoms with E-state index in [1.54, 1.807) is 62.1 Å². The molecule has 16 heteroatoms. The average Bonchev–Trinajstić information content (AvgIpc) is 3.81. The van der Waals surface area contributed by atoms with E-state index < -0.39 is 53.1 Å². The summed E-state index contributed by atoms with van der Waals surface area (Å²) in [5.74, 6) is -1.85. The summed E-state index contributed by atoms with van der Waals surface area (Å²) in [4.78, 5) is 83.7. The van der Waals surface area contributed by atoms with Crippen molar-refractivity contribution in [3.8, 4) is 0 Å². The van der Waals surface area contributed by atoms with Gasteiger partial charge in [-0.1, -0.05) is 65.8 Å². The molecular weight excluding hydrogens is 810 g/mol. The van der Waals surface area contributed by atoms with Gasteiger partial charge in [-0.25, -0.2) is 14.0 Å². The first-order valence-electron chi connectivity index (χ1n) is 21.4. The molecule has 15 nitrogen and oxygen atoms in total. The van der Waals surface area contributed by atoms with Gasteiger partial charge in [0.2, 0.25) is 23.6 Å². The Morgan fingerprint density at radius 3 is 1.43 bits per heavy atom. The zero-order chi connectivity index (χ0) is 46.4.